The van der Waals surface area contributed by atoms with Crippen LogP contribution in [0.15, 0.2) is 42.6 Å². The molecule has 2 aromatic heterocycles. The Kier molecular flexibility index (Phi) is 5.25. The summed E-state index contributed by atoms with van der Waals surface area (Å²) in [5, 5.41) is 7.96. The molecule has 3 aromatic rings. The van der Waals surface area contributed by atoms with Crippen molar-refractivity contribution in [2.45, 2.75) is 25.7 Å². The Labute approximate surface area is 167 Å². The largest absolute Gasteiger partial charge is 0.415 e. The van der Waals surface area contributed by atoms with Crippen molar-refractivity contribution in [3.05, 3.63) is 59.1 Å². The number of rotatable bonds is 3. The molecule has 1 aliphatic rings. The Balaban J connectivity index is 1.37. The third-order valence-corrected chi connectivity index (χ3v) is 5.24. The van der Waals surface area contributed by atoms with Crippen molar-refractivity contribution in [3.8, 4) is 17.1 Å². The van der Waals surface area contributed by atoms with Crippen molar-refractivity contribution >= 4 is 17.7 Å². The highest BCUT2D eigenvalue weighted by atomic mass is 35.5. The zero-order chi connectivity index (χ0) is 19.5. The zero-order valence-corrected chi connectivity index (χ0v) is 16.2. The third-order valence-electron chi connectivity index (χ3n) is 4.91. The van der Waals surface area contributed by atoms with Crippen LogP contribution in [0.2, 0.25) is 5.02 Å². The van der Waals surface area contributed by atoms with Crippen molar-refractivity contribution in [1.82, 2.24) is 25.1 Å². The minimum absolute atomic E-state index is 0.216. The first-order chi connectivity index (χ1) is 13.6. The molecule has 1 amide bonds. The van der Waals surface area contributed by atoms with Gasteiger partial charge in [-0.15, -0.1) is 0 Å². The van der Waals surface area contributed by atoms with Gasteiger partial charge < -0.3 is 9.64 Å². The highest BCUT2D eigenvalue weighted by Gasteiger charge is 2.27. The lowest BCUT2D eigenvalue weighted by molar-refractivity contribution is 0.137. The molecule has 1 fully saturated rings. The van der Waals surface area contributed by atoms with E-state index < -0.39 is 0 Å². The van der Waals surface area contributed by atoms with Crippen LogP contribution in [0.25, 0.3) is 11.4 Å². The van der Waals surface area contributed by atoms with E-state index in [1.807, 2.05) is 31.2 Å². The lowest BCUT2D eigenvalue weighted by Crippen LogP contribution is -2.39. The number of halogens is 1. The average Bonchev–Trinajstić information content (AvgIpc) is 3.20. The first kappa shape index (κ1) is 18.4. The maximum atomic E-state index is 12.4. The average molecular weight is 398 g/mol. The van der Waals surface area contributed by atoms with Gasteiger partial charge in [-0.3, -0.25) is 10.1 Å². The highest BCUT2D eigenvalue weighted by Crippen LogP contribution is 2.29. The van der Waals surface area contributed by atoms with E-state index in [9.17, 15) is 4.79 Å². The first-order valence-electron chi connectivity index (χ1n) is 9.17. The number of nitrogens with zero attached hydrogens (tertiary/aromatic N) is 4. The van der Waals surface area contributed by atoms with Gasteiger partial charge in [-0.2, -0.15) is 5.10 Å². The summed E-state index contributed by atoms with van der Waals surface area (Å²) in [7, 11) is 0. The molecule has 1 aliphatic heterocycles. The van der Waals surface area contributed by atoms with E-state index in [-0.39, 0.29) is 12.0 Å². The predicted octanol–water partition coefficient (Wildman–Crippen LogP) is 4.21. The Morgan fingerprint density at radius 3 is 2.75 bits per heavy atom. The van der Waals surface area contributed by atoms with E-state index in [0.29, 0.717) is 35.4 Å². The second-order valence-electron chi connectivity index (χ2n) is 6.74. The quantitative estimate of drug-likeness (QED) is 0.715. The number of benzene rings is 1. The SMILES string of the molecule is Cc1ncccc1OC(=O)N1CCC(c2nc(-c3ccccc3Cl)n[nH]2)CC1. The molecule has 4 rings (SSSR count). The van der Waals surface area contributed by atoms with Crippen LogP contribution in [-0.4, -0.2) is 44.2 Å². The van der Waals surface area contributed by atoms with Gasteiger partial charge in [0.1, 0.15) is 5.82 Å². The molecule has 0 aliphatic carbocycles. The fourth-order valence-corrected chi connectivity index (χ4v) is 3.51. The normalized spacial score (nSPS) is 14.9. The second kappa shape index (κ2) is 7.98. The molecule has 3 heterocycles. The van der Waals surface area contributed by atoms with Crippen molar-refractivity contribution in [2.75, 3.05) is 13.1 Å². The fraction of sp³-hybridized carbons (Fsp3) is 0.300. The highest BCUT2D eigenvalue weighted by molar-refractivity contribution is 6.33. The van der Waals surface area contributed by atoms with Gasteiger partial charge in [0.2, 0.25) is 0 Å². The summed E-state index contributed by atoms with van der Waals surface area (Å²) in [6.07, 6.45) is 2.91. The van der Waals surface area contributed by atoms with Gasteiger partial charge in [-0.25, -0.2) is 9.78 Å². The van der Waals surface area contributed by atoms with Crippen LogP contribution in [0.3, 0.4) is 0 Å². The van der Waals surface area contributed by atoms with Crippen LogP contribution < -0.4 is 4.74 Å². The van der Waals surface area contributed by atoms with E-state index in [1.165, 1.54) is 0 Å². The Hall–Kier alpha value is -2.93. The molecule has 0 saturated carbocycles. The maximum absolute atomic E-state index is 12.4. The number of likely N-dealkylation sites (tertiary alicyclic amines) is 1. The first-order valence-corrected chi connectivity index (χ1v) is 9.55. The van der Waals surface area contributed by atoms with Crippen LogP contribution in [0.5, 0.6) is 5.75 Å². The molecule has 1 N–H and O–H groups in total. The zero-order valence-electron chi connectivity index (χ0n) is 15.4. The van der Waals surface area contributed by atoms with E-state index in [4.69, 9.17) is 16.3 Å². The standard InChI is InChI=1S/C20H20ClN5O2/c1-13-17(7-4-10-22-13)28-20(27)26-11-8-14(9-12-26)18-23-19(25-24-18)15-5-2-3-6-16(15)21/h2-7,10,14H,8-9,11-12H2,1H3,(H,23,24,25). The smallest absolute Gasteiger partial charge is 0.408 e. The molecule has 0 spiro atoms. The van der Waals surface area contributed by atoms with Crippen LogP contribution in [-0.2, 0) is 0 Å². The molecule has 144 valence electrons. The summed E-state index contributed by atoms with van der Waals surface area (Å²) in [5.74, 6) is 2.13. The van der Waals surface area contributed by atoms with Gasteiger partial charge in [0.15, 0.2) is 11.6 Å². The number of H-pyrrole nitrogens is 1. The summed E-state index contributed by atoms with van der Waals surface area (Å²) in [6.45, 7) is 3.02. The van der Waals surface area contributed by atoms with Crippen LogP contribution >= 0.6 is 11.6 Å². The number of amides is 1. The topological polar surface area (TPSA) is 84.0 Å². The number of piperidine rings is 1. The maximum Gasteiger partial charge on any atom is 0.415 e. The number of aromatic amines is 1. The molecule has 0 unspecified atom stereocenters. The van der Waals surface area contributed by atoms with Crippen LogP contribution in [0.4, 0.5) is 4.79 Å². The van der Waals surface area contributed by atoms with E-state index in [2.05, 4.69) is 20.2 Å². The van der Waals surface area contributed by atoms with Gasteiger partial charge in [0.25, 0.3) is 0 Å². The predicted molar refractivity (Wildman–Crippen MR) is 105 cm³/mol. The van der Waals surface area contributed by atoms with E-state index in [1.54, 1.807) is 23.2 Å². The monoisotopic (exact) mass is 397 g/mol. The summed E-state index contributed by atoms with van der Waals surface area (Å²) in [5.41, 5.74) is 1.50. The Bertz CT molecular complexity index is 982. The van der Waals surface area contributed by atoms with Crippen molar-refractivity contribution in [1.29, 1.82) is 0 Å². The number of ether oxygens (including phenoxy) is 1. The van der Waals surface area contributed by atoms with Crippen LogP contribution in [0.1, 0.15) is 30.3 Å². The molecular weight excluding hydrogens is 378 g/mol. The Morgan fingerprint density at radius 1 is 1.21 bits per heavy atom. The van der Waals surface area contributed by atoms with Gasteiger partial charge in [0.05, 0.1) is 10.7 Å². The Morgan fingerprint density at radius 2 is 2.00 bits per heavy atom. The number of hydrogen-bond donors (Lipinski definition) is 1. The van der Waals surface area contributed by atoms with Gasteiger partial charge in [0, 0.05) is 30.8 Å². The number of aryl methyl sites for hydroxylation is 1. The van der Waals surface area contributed by atoms with E-state index >= 15 is 0 Å². The summed E-state index contributed by atoms with van der Waals surface area (Å²) in [4.78, 5) is 22.9. The number of aromatic nitrogens is 4. The van der Waals surface area contributed by atoms with Crippen molar-refractivity contribution in [3.63, 3.8) is 0 Å². The minimum atomic E-state index is -0.344. The number of hydrogen-bond acceptors (Lipinski definition) is 5. The minimum Gasteiger partial charge on any atom is -0.408 e. The van der Waals surface area contributed by atoms with Gasteiger partial charge in [-0.1, -0.05) is 23.7 Å². The van der Waals surface area contributed by atoms with Crippen molar-refractivity contribution in [2.24, 2.45) is 0 Å². The third kappa shape index (κ3) is 3.84. The van der Waals surface area contributed by atoms with Gasteiger partial charge >= 0.3 is 6.09 Å². The lowest BCUT2D eigenvalue weighted by Gasteiger charge is -2.30. The summed E-state index contributed by atoms with van der Waals surface area (Å²) in [6, 6.07) is 11.0. The summed E-state index contributed by atoms with van der Waals surface area (Å²) >= 11 is 6.23. The fourth-order valence-electron chi connectivity index (χ4n) is 3.29. The van der Waals surface area contributed by atoms with Crippen molar-refractivity contribution < 1.29 is 9.53 Å². The molecule has 0 radical (unpaired) electrons. The molecule has 1 aromatic carbocycles. The number of carbonyl (C=O) groups excluding carboxylic acids is 1. The molecule has 0 bridgehead atoms. The van der Waals surface area contributed by atoms with E-state index in [0.717, 1.165) is 24.2 Å². The molecule has 1 saturated heterocycles. The molecule has 8 heteroatoms. The summed E-state index contributed by atoms with van der Waals surface area (Å²) < 4.78 is 5.47. The second-order valence-corrected chi connectivity index (χ2v) is 7.15. The number of nitrogens with one attached hydrogen (secondary N) is 1. The molecule has 0 atom stereocenters. The lowest BCUT2D eigenvalue weighted by atomic mass is 9.96. The number of pyridine rings is 1. The number of carbonyl (C=O) groups is 1. The molecular formula is C20H20ClN5O2. The van der Waals surface area contributed by atoms with Gasteiger partial charge in [-0.05, 0) is 44.0 Å². The molecule has 7 nitrogen and oxygen atoms in total. The molecule has 28 heavy (non-hydrogen) atoms. The van der Waals surface area contributed by atoms with Crippen LogP contribution in [0, 0.1) is 6.92 Å².